The number of nitrogens with one attached hydrogen (secondary N) is 1. The standard InChI is InChI=1S/C12H14N4S/c1-2-4-11-10(3-1)9(6-17-11)5-14-12-15-7-13-8-16-12/h6-8H,1-5H2,(H,13,14,15,16). The second-order valence-corrected chi connectivity index (χ2v) is 5.15. The highest BCUT2D eigenvalue weighted by molar-refractivity contribution is 7.10. The molecule has 0 aliphatic heterocycles. The minimum atomic E-state index is 0.649. The van der Waals surface area contributed by atoms with Crippen molar-refractivity contribution in [2.45, 2.75) is 32.2 Å². The third-order valence-electron chi connectivity index (χ3n) is 3.08. The molecule has 2 heterocycles. The third-order valence-corrected chi connectivity index (χ3v) is 4.22. The molecule has 0 bridgehead atoms. The van der Waals surface area contributed by atoms with E-state index in [1.807, 2.05) is 11.3 Å². The van der Waals surface area contributed by atoms with Crippen LogP contribution in [0.2, 0.25) is 0 Å². The Labute approximate surface area is 104 Å². The molecule has 0 saturated carbocycles. The summed E-state index contributed by atoms with van der Waals surface area (Å²) in [5, 5.41) is 5.51. The van der Waals surface area contributed by atoms with Gasteiger partial charge in [0.25, 0.3) is 0 Å². The fourth-order valence-corrected chi connectivity index (χ4v) is 3.36. The number of rotatable bonds is 3. The molecule has 5 heteroatoms. The molecule has 4 nitrogen and oxygen atoms in total. The molecule has 0 amide bonds. The lowest BCUT2D eigenvalue weighted by atomic mass is 9.96. The first-order chi connectivity index (χ1) is 8.43. The van der Waals surface area contributed by atoms with Crippen molar-refractivity contribution in [3.05, 3.63) is 34.0 Å². The van der Waals surface area contributed by atoms with Crippen LogP contribution in [0.1, 0.15) is 28.8 Å². The van der Waals surface area contributed by atoms with Crippen molar-refractivity contribution in [3.63, 3.8) is 0 Å². The van der Waals surface area contributed by atoms with Crippen molar-refractivity contribution in [1.29, 1.82) is 0 Å². The van der Waals surface area contributed by atoms with Gasteiger partial charge in [0.05, 0.1) is 0 Å². The quantitative estimate of drug-likeness (QED) is 0.903. The zero-order valence-electron chi connectivity index (χ0n) is 9.52. The van der Waals surface area contributed by atoms with Gasteiger partial charge in [-0.2, -0.15) is 0 Å². The van der Waals surface area contributed by atoms with E-state index in [1.54, 1.807) is 10.4 Å². The predicted molar refractivity (Wildman–Crippen MR) is 68.1 cm³/mol. The van der Waals surface area contributed by atoms with Crippen molar-refractivity contribution < 1.29 is 0 Å². The van der Waals surface area contributed by atoms with Crippen LogP contribution in [0.5, 0.6) is 0 Å². The fourth-order valence-electron chi connectivity index (χ4n) is 2.21. The average molecular weight is 246 g/mol. The first kappa shape index (κ1) is 10.7. The molecule has 0 atom stereocenters. The van der Waals surface area contributed by atoms with Gasteiger partial charge in [0.1, 0.15) is 12.7 Å². The maximum atomic E-state index is 4.06. The van der Waals surface area contributed by atoms with Gasteiger partial charge in [-0.05, 0) is 42.2 Å². The summed E-state index contributed by atoms with van der Waals surface area (Å²) >= 11 is 1.89. The number of thiophene rings is 1. The van der Waals surface area contributed by atoms with Gasteiger partial charge in [0.2, 0.25) is 5.95 Å². The lowest BCUT2D eigenvalue weighted by Crippen LogP contribution is -2.07. The number of hydrogen-bond donors (Lipinski definition) is 1. The molecule has 2 aromatic rings. The van der Waals surface area contributed by atoms with E-state index in [1.165, 1.54) is 43.9 Å². The molecule has 1 aliphatic carbocycles. The van der Waals surface area contributed by atoms with Crippen molar-refractivity contribution >= 4 is 17.3 Å². The maximum absolute atomic E-state index is 4.06. The van der Waals surface area contributed by atoms with E-state index >= 15 is 0 Å². The van der Waals surface area contributed by atoms with E-state index in [4.69, 9.17) is 0 Å². The molecule has 88 valence electrons. The van der Waals surface area contributed by atoms with Gasteiger partial charge in [-0.3, -0.25) is 0 Å². The Morgan fingerprint density at radius 2 is 2.00 bits per heavy atom. The summed E-state index contributed by atoms with van der Waals surface area (Å²) in [5.41, 5.74) is 2.97. The number of fused-ring (bicyclic) bond motifs is 1. The Kier molecular flexibility index (Phi) is 3.00. The molecular formula is C12H14N4S. The number of aromatic nitrogens is 3. The topological polar surface area (TPSA) is 50.7 Å². The van der Waals surface area contributed by atoms with E-state index in [0.717, 1.165) is 6.54 Å². The number of hydrogen-bond acceptors (Lipinski definition) is 5. The van der Waals surface area contributed by atoms with Crippen LogP contribution in [0, 0.1) is 0 Å². The van der Waals surface area contributed by atoms with E-state index in [0.29, 0.717) is 5.95 Å². The monoisotopic (exact) mass is 246 g/mol. The van der Waals surface area contributed by atoms with E-state index in [2.05, 4.69) is 25.6 Å². The maximum Gasteiger partial charge on any atom is 0.225 e. The molecule has 1 N–H and O–H groups in total. The summed E-state index contributed by atoms with van der Waals surface area (Å²) in [6.07, 6.45) is 8.17. The van der Waals surface area contributed by atoms with Gasteiger partial charge in [0.15, 0.2) is 0 Å². The van der Waals surface area contributed by atoms with Crippen LogP contribution in [0.3, 0.4) is 0 Å². The molecule has 17 heavy (non-hydrogen) atoms. The van der Waals surface area contributed by atoms with Crippen molar-refractivity contribution in [2.75, 3.05) is 5.32 Å². The zero-order chi connectivity index (χ0) is 11.5. The first-order valence-electron chi connectivity index (χ1n) is 5.87. The molecule has 2 aromatic heterocycles. The van der Waals surface area contributed by atoms with Crippen molar-refractivity contribution in [1.82, 2.24) is 15.0 Å². The van der Waals surface area contributed by atoms with Crippen LogP contribution in [-0.2, 0) is 19.4 Å². The molecule has 0 spiro atoms. The van der Waals surface area contributed by atoms with E-state index in [-0.39, 0.29) is 0 Å². The molecule has 0 saturated heterocycles. The molecule has 1 aliphatic rings. The van der Waals surface area contributed by atoms with Crippen LogP contribution < -0.4 is 5.32 Å². The van der Waals surface area contributed by atoms with Crippen LogP contribution in [0.4, 0.5) is 5.95 Å². The highest BCUT2D eigenvalue weighted by Crippen LogP contribution is 2.30. The largest absolute Gasteiger partial charge is 0.350 e. The predicted octanol–water partition coefficient (Wildman–Crippen LogP) is 2.42. The second kappa shape index (κ2) is 4.79. The van der Waals surface area contributed by atoms with Crippen LogP contribution in [0.15, 0.2) is 18.0 Å². The van der Waals surface area contributed by atoms with Crippen molar-refractivity contribution in [3.8, 4) is 0 Å². The SMILES string of the molecule is c1ncnc(NCc2csc3c2CCCC3)n1. The summed E-state index contributed by atoms with van der Waals surface area (Å²) in [7, 11) is 0. The van der Waals surface area contributed by atoms with Crippen molar-refractivity contribution in [2.24, 2.45) is 0 Å². The lowest BCUT2D eigenvalue weighted by molar-refractivity contribution is 0.691. The minimum Gasteiger partial charge on any atom is -0.350 e. The molecule has 0 unspecified atom stereocenters. The van der Waals surface area contributed by atoms with Crippen LogP contribution in [0.25, 0.3) is 0 Å². The van der Waals surface area contributed by atoms with Gasteiger partial charge >= 0.3 is 0 Å². The molecule has 0 radical (unpaired) electrons. The molecule has 0 aromatic carbocycles. The minimum absolute atomic E-state index is 0.649. The Morgan fingerprint density at radius 3 is 2.88 bits per heavy atom. The summed E-state index contributed by atoms with van der Waals surface area (Å²) in [6.45, 7) is 0.815. The second-order valence-electron chi connectivity index (χ2n) is 4.19. The zero-order valence-corrected chi connectivity index (χ0v) is 10.3. The third kappa shape index (κ3) is 2.29. The Bertz CT molecular complexity index is 494. The summed E-state index contributed by atoms with van der Waals surface area (Å²) in [4.78, 5) is 13.5. The fraction of sp³-hybridized carbons (Fsp3) is 0.417. The highest BCUT2D eigenvalue weighted by atomic mass is 32.1. The van der Waals surface area contributed by atoms with Gasteiger partial charge in [-0.1, -0.05) is 0 Å². The molecule has 0 fully saturated rings. The highest BCUT2D eigenvalue weighted by Gasteiger charge is 2.15. The normalized spacial score (nSPS) is 14.4. The van der Waals surface area contributed by atoms with Crippen LogP contribution >= 0.6 is 11.3 Å². The Balaban J connectivity index is 1.71. The number of anilines is 1. The molecule has 3 rings (SSSR count). The summed E-state index contributed by atoms with van der Waals surface area (Å²) < 4.78 is 0. The summed E-state index contributed by atoms with van der Waals surface area (Å²) in [5.74, 6) is 0.649. The Hall–Kier alpha value is -1.49. The van der Waals surface area contributed by atoms with Crippen LogP contribution in [-0.4, -0.2) is 15.0 Å². The smallest absolute Gasteiger partial charge is 0.225 e. The van der Waals surface area contributed by atoms with E-state index < -0.39 is 0 Å². The van der Waals surface area contributed by atoms with E-state index in [9.17, 15) is 0 Å². The molecular weight excluding hydrogens is 232 g/mol. The lowest BCUT2D eigenvalue weighted by Gasteiger charge is -2.13. The van der Waals surface area contributed by atoms with Gasteiger partial charge < -0.3 is 5.32 Å². The van der Waals surface area contributed by atoms with Gasteiger partial charge in [0, 0.05) is 11.4 Å². The van der Waals surface area contributed by atoms with Gasteiger partial charge in [-0.25, -0.2) is 15.0 Å². The number of nitrogens with zero attached hydrogens (tertiary/aromatic N) is 3. The summed E-state index contributed by atoms with van der Waals surface area (Å²) in [6, 6.07) is 0. The number of aryl methyl sites for hydroxylation is 1. The Morgan fingerprint density at radius 1 is 1.18 bits per heavy atom. The van der Waals surface area contributed by atoms with Gasteiger partial charge in [-0.15, -0.1) is 11.3 Å². The first-order valence-corrected chi connectivity index (χ1v) is 6.75. The average Bonchev–Trinajstić information content (AvgIpc) is 2.81.